The lowest BCUT2D eigenvalue weighted by Gasteiger charge is -2.22. The third kappa shape index (κ3) is 5.60. The van der Waals surface area contributed by atoms with Crippen LogP contribution in [0.15, 0.2) is 12.1 Å². The second-order valence-corrected chi connectivity index (χ2v) is 6.19. The fourth-order valence-electron chi connectivity index (χ4n) is 1.84. The number of anilines is 1. The quantitative estimate of drug-likeness (QED) is 0.853. The molecule has 3 heteroatoms. The van der Waals surface area contributed by atoms with Crippen LogP contribution in [0, 0.1) is 0 Å². The van der Waals surface area contributed by atoms with Crippen LogP contribution in [-0.2, 0) is 13.0 Å². The zero-order valence-corrected chi connectivity index (χ0v) is 13.4. The topological polar surface area (TPSA) is 28.2 Å². The number of aryl methyl sites for hydroxylation is 1. The lowest BCUT2D eigenvalue weighted by molar-refractivity contribution is 0.424. The van der Waals surface area contributed by atoms with Gasteiger partial charge in [-0.2, -0.15) is 0 Å². The van der Waals surface area contributed by atoms with Crippen LogP contribution in [0.4, 0.5) is 5.82 Å². The van der Waals surface area contributed by atoms with Crippen molar-refractivity contribution in [2.45, 2.75) is 59.5 Å². The minimum atomic E-state index is 0.144. The number of nitrogens with one attached hydrogen (secondary N) is 1. The summed E-state index contributed by atoms with van der Waals surface area (Å²) in [5, 5.41) is 3.55. The molecule has 0 fully saturated rings. The lowest BCUT2D eigenvalue weighted by Crippen LogP contribution is -2.35. The first-order valence-electron chi connectivity index (χ1n) is 7.31. The third-order valence-corrected chi connectivity index (χ3v) is 3.12. The molecule has 0 spiro atoms. The molecule has 0 aliphatic carbocycles. The normalized spacial score (nSPS) is 11.7. The molecular formula is C16H29N3. The van der Waals surface area contributed by atoms with Gasteiger partial charge < -0.3 is 10.2 Å². The van der Waals surface area contributed by atoms with Crippen LogP contribution in [0.25, 0.3) is 0 Å². The molecule has 1 aromatic rings. The van der Waals surface area contributed by atoms with Gasteiger partial charge in [-0.05, 0) is 51.8 Å². The summed E-state index contributed by atoms with van der Waals surface area (Å²) in [6.07, 6.45) is 2.19. The first-order chi connectivity index (χ1) is 8.85. The van der Waals surface area contributed by atoms with Crippen molar-refractivity contribution in [2.24, 2.45) is 0 Å². The molecule has 1 aromatic heterocycles. The van der Waals surface area contributed by atoms with E-state index in [0.29, 0.717) is 0 Å². The van der Waals surface area contributed by atoms with Gasteiger partial charge in [-0.1, -0.05) is 13.3 Å². The molecule has 0 aliphatic heterocycles. The maximum atomic E-state index is 4.74. The number of pyridine rings is 1. The summed E-state index contributed by atoms with van der Waals surface area (Å²) in [5.74, 6) is 1.08. The van der Waals surface area contributed by atoms with E-state index < -0.39 is 0 Å². The molecule has 0 bridgehead atoms. The van der Waals surface area contributed by atoms with Crippen LogP contribution < -0.4 is 10.2 Å². The van der Waals surface area contributed by atoms with Crippen molar-refractivity contribution in [2.75, 3.05) is 18.5 Å². The minimum Gasteiger partial charge on any atom is -0.360 e. The molecule has 19 heavy (non-hydrogen) atoms. The Hall–Kier alpha value is -1.09. The van der Waals surface area contributed by atoms with E-state index in [0.717, 1.165) is 31.7 Å². The average molecular weight is 263 g/mol. The minimum absolute atomic E-state index is 0.144. The zero-order chi connectivity index (χ0) is 14.5. The predicted octanol–water partition coefficient (Wildman–Crippen LogP) is 3.38. The Labute approximate surface area is 118 Å². The van der Waals surface area contributed by atoms with Gasteiger partial charge in [0.2, 0.25) is 0 Å². The fraction of sp³-hybridized carbons (Fsp3) is 0.688. The van der Waals surface area contributed by atoms with Crippen molar-refractivity contribution in [3.8, 4) is 0 Å². The second-order valence-electron chi connectivity index (χ2n) is 6.19. The Morgan fingerprint density at radius 2 is 1.89 bits per heavy atom. The molecule has 108 valence electrons. The lowest BCUT2D eigenvalue weighted by atomic mass is 10.1. The molecular weight excluding hydrogens is 234 g/mol. The van der Waals surface area contributed by atoms with Crippen LogP contribution >= 0.6 is 0 Å². The van der Waals surface area contributed by atoms with Gasteiger partial charge in [-0.3, -0.25) is 0 Å². The summed E-state index contributed by atoms with van der Waals surface area (Å²) in [5.41, 5.74) is 2.67. The van der Waals surface area contributed by atoms with Gasteiger partial charge in [-0.15, -0.1) is 0 Å². The van der Waals surface area contributed by atoms with E-state index in [4.69, 9.17) is 4.98 Å². The van der Waals surface area contributed by atoms with E-state index in [1.165, 1.54) is 11.3 Å². The standard InChI is InChI=1S/C16H29N3/c1-7-9-14-10-13(12-17-16(3,4)5)11-15(18-14)19(6)8-2/h10-11,17H,7-9,12H2,1-6H3. The summed E-state index contributed by atoms with van der Waals surface area (Å²) in [6, 6.07) is 4.43. The fourth-order valence-corrected chi connectivity index (χ4v) is 1.84. The molecule has 1 N–H and O–H groups in total. The van der Waals surface area contributed by atoms with Crippen molar-refractivity contribution >= 4 is 5.82 Å². The van der Waals surface area contributed by atoms with Gasteiger partial charge in [-0.25, -0.2) is 4.98 Å². The molecule has 0 atom stereocenters. The van der Waals surface area contributed by atoms with E-state index in [2.05, 4.69) is 64.0 Å². The second kappa shape index (κ2) is 6.90. The van der Waals surface area contributed by atoms with E-state index in [-0.39, 0.29) is 5.54 Å². The van der Waals surface area contributed by atoms with Crippen molar-refractivity contribution in [3.05, 3.63) is 23.4 Å². The van der Waals surface area contributed by atoms with E-state index >= 15 is 0 Å². The number of hydrogen-bond donors (Lipinski definition) is 1. The van der Waals surface area contributed by atoms with Crippen molar-refractivity contribution in [3.63, 3.8) is 0 Å². The SMILES string of the molecule is CCCc1cc(CNC(C)(C)C)cc(N(C)CC)n1. The Kier molecular flexibility index (Phi) is 5.80. The highest BCUT2D eigenvalue weighted by Gasteiger charge is 2.10. The van der Waals surface area contributed by atoms with Crippen LogP contribution in [-0.4, -0.2) is 24.1 Å². The molecule has 0 unspecified atom stereocenters. The van der Waals surface area contributed by atoms with Crippen molar-refractivity contribution < 1.29 is 0 Å². The predicted molar refractivity (Wildman–Crippen MR) is 83.8 cm³/mol. The first-order valence-corrected chi connectivity index (χ1v) is 7.31. The van der Waals surface area contributed by atoms with Crippen molar-refractivity contribution in [1.82, 2.24) is 10.3 Å². The zero-order valence-electron chi connectivity index (χ0n) is 13.4. The summed E-state index contributed by atoms with van der Waals surface area (Å²) < 4.78 is 0. The van der Waals surface area contributed by atoms with Gasteiger partial charge in [0.1, 0.15) is 5.82 Å². The number of aromatic nitrogens is 1. The van der Waals surface area contributed by atoms with Gasteiger partial charge in [0, 0.05) is 31.4 Å². The smallest absolute Gasteiger partial charge is 0.128 e. The van der Waals surface area contributed by atoms with Gasteiger partial charge in [0.25, 0.3) is 0 Å². The van der Waals surface area contributed by atoms with E-state index in [1.54, 1.807) is 0 Å². The molecule has 1 rings (SSSR count). The summed E-state index contributed by atoms with van der Waals surface area (Å²) in [6.45, 7) is 12.8. The summed E-state index contributed by atoms with van der Waals surface area (Å²) in [7, 11) is 2.10. The van der Waals surface area contributed by atoms with Gasteiger partial charge >= 0.3 is 0 Å². The summed E-state index contributed by atoms with van der Waals surface area (Å²) >= 11 is 0. The Morgan fingerprint density at radius 1 is 1.21 bits per heavy atom. The molecule has 0 saturated heterocycles. The van der Waals surface area contributed by atoms with Gasteiger partial charge in [0.05, 0.1) is 0 Å². The monoisotopic (exact) mass is 263 g/mol. The molecule has 0 amide bonds. The number of hydrogen-bond acceptors (Lipinski definition) is 3. The number of nitrogens with zero attached hydrogens (tertiary/aromatic N) is 2. The Bertz CT molecular complexity index is 393. The average Bonchev–Trinajstić information content (AvgIpc) is 2.35. The Morgan fingerprint density at radius 3 is 2.42 bits per heavy atom. The van der Waals surface area contributed by atoms with Crippen LogP contribution in [0.2, 0.25) is 0 Å². The van der Waals surface area contributed by atoms with Gasteiger partial charge in [0.15, 0.2) is 0 Å². The summed E-state index contributed by atoms with van der Waals surface area (Å²) in [4.78, 5) is 6.93. The largest absolute Gasteiger partial charge is 0.360 e. The Balaban J connectivity index is 2.92. The molecule has 0 radical (unpaired) electrons. The molecule has 0 aromatic carbocycles. The highest BCUT2D eigenvalue weighted by Crippen LogP contribution is 2.16. The van der Waals surface area contributed by atoms with Crippen molar-refractivity contribution in [1.29, 1.82) is 0 Å². The molecule has 0 saturated carbocycles. The molecule has 3 nitrogen and oxygen atoms in total. The molecule has 1 heterocycles. The maximum Gasteiger partial charge on any atom is 0.128 e. The highest BCUT2D eigenvalue weighted by atomic mass is 15.2. The highest BCUT2D eigenvalue weighted by molar-refractivity contribution is 5.42. The van der Waals surface area contributed by atoms with Crippen LogP contribution in [0.1, 0.15) is 52.3 Å². The van der Waals surface area contributed by atoms with Crippen LogP contribution in [0.3, 0.4) is 0 Å². The third-order valence-electron chi connectivity index (χ3n) is 3.12. The maximum absolute atomic E-state index is 4.74. The first kappa shape index (κ1) is 16.0. The molecule has 0 aliphatic rings. The van der Waals surface area contributed by atoms with E-state index in [1.807, 2.05) is 0 Å². The van der Waals surface area contributed by atoms with E-state index in [9.17, 15) is 0 Å². The number of rotatable bonds is 6. The van der Waals surface area contributed by atoms with Crippen LogP contribution in [0.5, 0.6) is 0 Å².